The number of hydrogen-bond acceptors (Lipinski definition) is 5. The van der Waals surface area contributed by atoms with Crippen molar-refractivity contribution >= 4 is 16.8 Å². The van der Waals surface area contributed by atoms with E-state index in [2.05, 4.69) is 4.98 Å². The molecule has 7 heteroatoms. The molecule has 0 spiro atoms. The van der Waals surface area contributed by atoms with E-state index in [1.807, 2.05) is 62.4 Å². The van der Waals surface area contributed by atoms with Crippen LogP contribution in [0.4, 0.5) is 0 Å². The third kappa shape index (κ3) is 5.00. The summed E-state index contributed by atoms with van der Waals surface area (Å²) < 4.78 is 16.9. The van der Waals surface area contributed by atoms with E-state index in [9.17, 15) is 9.59 Å². The number of nitrogens with zero attached hydrogens (tertiary/aromatic N) is 1. The molecule has 0 saturated carbocycles. The van der Waals surface area contributed by atoms with Crippen molar-refractivity contribution in [2.75, 3.05) is 33.0 Å². The van der Waals surface area contributed by atoms with Crippen LogP contribution in [-0.4, -0.2) is 54.9 Å². The van der Waals surface area contributed by atoms with E-state index in [0.29, 0.717) is 44.1 Å². The Hall–Kier alpha value is -3.16. The van der Waals surface area contributed by atoms with E-state index in [0.717, 1.165) is 22.2 Å². The Morgan fingerprint density at radius 1 is 1.19 bits per heavy atom. The number of aryl methyl sites for hydroxylation is 1. The molecule has 168 valence electrons. The van der Waals surface area contributed by atoms with Crippen molar-refractivity contribution < 1.29 is 19.0 Å². The average Bonchev–Trinajstić information content (AvgIpc) is 2.80. The molecule has 0 unspecified atom stereocenters. The molecule has 7 nitrogen and oxygen atoms in total. The van der Waals surface area contributed by atoms with Gasteiger partial charge in [-0.25, -0.2) is 0 Å². The van der Waals surface area contributed by atoms with E-state index in [4.69, 9.17) is 14.2 Å². The van der Waals surface area contributed by atoms with E-state index >= 15 is 0 Å². The summed E-state index contributed by atoms with van der Waals surface area (Å²) in [5.74, 6) is 0.596. The number of amides is 1. The predicted octanol–water partition coefficient (Wildman–Crippen LogP) is 3.29. The van der Waals surface area contributed by atoms with Gasteiger partial charge in [-0.1, -0.05) is 18.2 Å². The normalized spacial score (nSPS) is 16.1. The Balaban J connectivity index is 1.67. The lowest BCUT2D eigenvalue weighted by Crippen LogP contribution is -2.43. The number of carbonyl (C=O) groups excluding carboxylic acids is 1. The molecule has 2 heterocycles. The molecular weight excluding hydrogens is 408 g/mol. The quantitative estimate of drug-likeness (QED) is 0.615. The van der Waals surface area contributed by atoms with Gasteiger partial charge in [0.25, 0.3) is 11.5 Å². The first-order chi connectivity index (χ1) is 15.5. The number of aromatic amines is 1. The van der Waals surface area contributed by atoms with Gasteiger partial charge in [-0.15, -0.1) is 0 Å². The van der Waals surface area contributed by atoms with Crippen molar-refractivity contribution in [1.82, 2.24) is 9.88 Å². The first kappa shape index (κ1) is 22.0. The highest BCUT2D eigenvalue weighted by Gasteiger charge is 2.25. The van der Waals surface area contributed by atoms with Crippen molar-refractivity contribution in [2.24, 2.45) is 0 Å². The largest absolute Gasteiger partial charge is 0.494 e. The number of pyridine rings is 1. The fourth-order valence-corrected chi connectivity index (χ4v) is 3.90. The summed E-state index contributed by atoms with van der Waals surface area (Å²) in [5, 5.41) is 0.853. The Morgan fingerprint density at radius 3 is 2.78 bits per heavy atom. The number of carbonyl (C=O) groups is 1. The van der Waals surface area contributed by atoms with Crippen LogP contribution in [0, 0.1) is 6.92 Å². The fourth-order valence-electron chi connectivity index (χ4n) is 3.90. The Kier molecular flexibility index (Phi) is 6.87. The minimum Gasteiger partial charge on any atom is -0.494 e. The Morgan fingerprint density at radius 2 is 2.03 bits per heavy atom. The summed E-state index contributed by atoms with van der Waals surface area (Å²) in [4.78, 5) is 30.9. The molecule has 1 N–H and O–H groups in total. The molecule has 1 amide bonds. The zero-order chi connectivity index (χ0) is 22.5. The van der Waals surface area contributed by atoms with Crippen LogP contribution in [0.25, 0.3) is 10.9 Å². The van der Waals surface area contributed by atoms with Gasteiger partial charge >= 0.3 is 0 Å². The number of hydrogen-bond donors (Lipinski definition) is 1. The van der Waals surface area contributed by atoms with Crippen LogP contribution < -0.4 is 10.3 Å². The molecule has 1 fully saturated rings. The first-order valence-electron chi connectivity index (χ1n) is 10.9. The zero-order valence-electron chi connectivity index (χ0n) is 18.4. The molecule has 0 radical (unpaired) electrons. The van der Waals surface area contributed by atoms with Crippen LogP contribution in [0.3, 0.4) is 0 Å². The van der Waals surface area contributed by atoms with Crippen LogP contribution >= 0.6 is 0 Å². The highest BCUT2D eigenvalue weighted by Crippen LogP contribution is 2.21. The third-order valence-corrected chi connectivity index (χ3v) is 5.54. The van der Waals surface area contributed by atoms with Gasteiger partial charge in [-0.2, -0.15) is 0 Å². The van der Waals surface area contributed by atoms with Crippen LogP contribution in [-0.2, 0) is 16.0 Å². The lowest BCUT2D eigenvalue weighted by molar-refractivity contribution is -0.0953. The number of H-pyrrole nitrogens is 1. The lowest BCUT2D eigenvalue weighted by atomic mass is 10.1. The van der Waals surface area contributed by atoms with E-state index in [1.54, 1.807) is 4.90 Å². The minimum atomic E-state index is -0.235. The number of aromatic nitrogens is 1. The maximum Gasteiger partial charge on any atom is 0.254 e. The van der Waals surface area contributed by atoms with Crippen LogP contribution in [0.15, 0.2) is 53.3 Å². The molecule has 1 aliphatic rings. The van der Waals surface area contributed by atoms with Gasteiger partial charge in [0.2, 0.25) is 0 Å². The topological polar surface area (TPSA) is 80.9 Å². The van der Waals surface area contributed by atoms with Gasteiger partial charge in [0.05, 0.1) is 39.1 Å². The minimum absolute atomic E-state index is 0.139. The molecule has 0 aliphatic carbocycles. The summed E-state index contributed by atoms with van der Waals surface area (Å²) in [5.41, 5.74) is 2.51. The number of rotatable bonds is 7. The van der Waals surface area contributed by atoms with Crippen molar-refractivity contribution in [2.45, 2.75) is 26.5 Å². The van der Waals surface area contributed by atoms with Gasteiger partial charge in [0, 0.05) is 28.6 Å². The summed E-state index contributed by atoms with van der Waals surface area (Å²) >= 11 is 0. The summed E-state index contributed by atoms with van der Waals surface area (Å²) in [6, 6.07) is 14.8. The second-order valence-electron chi connectivity index (χ2n) is 7.87. The van der Waals surface area contributed by atoms with Gasteiger partial charge in [0.15, 0.2) is 0 Å². The molecular formula is C25H28N2O5. The maximum absolute atomic E-state index is 13.5. The predicted molar refractivity (Wildman–Crippen MR) is 122 cm³/mol. The van der Waals surface area contributed by atoms with Crippen molar-refractivity contribution in [3.05, 3.63) is 75.6 Å². The number of ether oxygens (including phenoxy) is 3. The van der Waals surface area contributed by atoms with Crippen molar-refractivity contribution in [3.8, 4) is 5.75 Å². The smallest absolute Gasteiger partial charge is 0.254 e. The summed E-state index contributed by atoms with van der Waals surface area (Å²) in [6.45, 7) is 6.36. The molecule has 1 saturated heterocycles. The highest BCUT2D eigenvalue weighted by atomic mass is 16.6. The zero-order valence-corrected chi connectivity index (χ0v) is 18.4. The monoisotopic (exact) mass is 436 g/mol. The van der Waals surface area contributed by atoms with Crippen molar-refractivity contribution in [1.29, 1.82) is 0 Å². The molecule has 32 heavy (non-hydrogen) atoms. The van der Waals surface area contributed by atoms with Crippen LogP contribution in [0.5, 0.6) is 5.75 Å². The average molecular weight is 437 g/mol. The van der Waals surface area contributed by atoms with E-state index in [1.165, 1.54) is 0 Å². The van der Waals surface area contributed by atoms with Crippen LogP contribution in [0.2, 0.25) is 0 Å². The summed E-state index contributed by atoms with van der Waals surface area (Å²) in [6.07, 6.45) is -0.235. The Labute approximate surface area is 186 Å². The first-order valence-corrected chi connectivity index (χ1v) is 10.9. The fraction of sp³-hybridized carbons (Fsp3) is 0.360. The van der Waals surface area contributed by atoms with Crippen LogP contribution in [0.1, 0.15) is 28.4 Å². The second kappa shape index (κ2) is 9.97. The standard InChI is InChI=1S/C25H28N2O5/c1-3-31-20-8-9-23-18(13-20)12-19(24(28)26-23)14-27(15-21-16-30-10-11-32-21)25(29)22-7-5-4-6-17(22)2/h4-9,12-13,21H,3,10-11,14-16H2,1-2H3,(H,26,28)/t21-/m1/s1. The van der Waals surface area contributed by atoms with Gasteiger partial charge in [-0.05, 0) is 49.7 Å². The maximum atomic E-state index is 13.5. The lowest BCUT2D eigenvalue weighted by Gasteiger charge is -2.30. The SMILES string of the molecule is CCOc1ccc2[nH]c(=O)c(CN(C[C@@H]3COCCO3)C(=O)c3ccccc3C)cc2c1. The van der Waals surface area contributed by atoms with Gasteiger partial charge < -0.3 is 24.1 Å². The molecule has 3 aromatic rings. The van der Waals surface area contributed by atoms with E-state index < -0.39 is 0 Å². The molecule has 1 aromatic heterocycles. The molecule has 1 aliphatic heterocycles. The number of benzene rings is 2. The molecule has 1 atom stereocenters. The number of fused-ring (bicyclic) bond motifs is 1. The molecule has 0 bridgehead atoms. The van der Waals surface area contributed by atoms with Crippen molar-refractivity contribution in [3.63, 3.8) is 0 Å². The number of nitrogens with one attached hydrogen (secondary N) is 1. The summed E-state index contributed by atoms with van der Waals surface area (Å²) in [7, 11) is 0. The molecule has 4 rings (SSSR count). The highest BCUT2D eigenvalue weighted by molar-refractivity contribution is 5.95. The second-order valence-corrected chi connectivity index (χ2v) is 7.87. The van der Waals surface area contributed by atoms with Gasteiger partial charge in [0.1, 0.15) is 5.75 Å². The third-order valence-electron chi connectivity index (χ3n) is 5.54. The van der Waals surface area contributed by atoms with Gasteiger partial charge in [-0.3, -0.25) is 9.59 Å². The molecule has 2 aromatic carbocycles. The van der Waals surface area contributed by atoms with E-state index in [-0.39, 0.29) is 24.1 Å². The Bertz CT molecular complexity index is 1150.